The largest absolute Gasteiger partial charge is 0.415 e. The summed E-state index contributed by atoms with van der Waals surface area (Å²) >= 11 is 1.62. The molecule has 11 heavy (non-hydrogen) atoms. The van der Waals surface area contributed by atoms with Gasteiger partial charge in [0.2, 0.25) is 0 Å². The zero-order valence-corrected chi connectivity index (χ0v) is 6.84. The van der Waals surface area contributed by atoms with Crippen LogP contribution in [0.2, 0.25) is 0 Å². The van der Waals surface area contributed by atoms with Crippen molar-refractivity contribution < 1.29 is 26.7 Å². The third-order valence-electron chi connectivity index (χ3n) is 0.771. The average Bonchev–Trinajstić information content (AvgIpc) is 1.56. The van der Waals surface area contributed by atoms with Gasteiger partial charge in [-0.15, -0.1) is 0 Å². The van der Waals surface area contributed by atoms with Crippen LogP contribution >= 0.6 is 15.9 Å². The van der Waals surface area contributed by atoms with Crippen LogP contribution in [0.15, 0.2) is 0 Å². The first-order valence-corrected chi connectivity index (χ1v) is 3.23. The van der Waals surface area contributed by atoms with Crippen LogP contribution in [0, 0.1) is 0 Å². The molecule has 0 bridgehead atoms. The molecule has 0 saturated carbocycles. The first kappa shape index (κ1) is 11.1. The van der Waals surface area contributed by atoms with Crippen LogP contribution in [0.25, 0.3) is 0 Å². The predicted molar refractivity (Wildman–Crippen MR) is 30.5 cm³/mol. The van der Waals surface area contributed by atoms with Crippen LogP contribution in [0.5, 0.6) is 0 Å². The van der Waals surface area contributed by atoms with Crippen molar-refractivity contribution in [2.24, 2.45) is 0 Å². The third kappa shape index (κ3) is 5.37. The fraction of sp³-hybridized carbons (Fsp3) is 1.00. The second-order valence-corrected chi connectivity index (χ2v) is 2.67. The van der Waals surface area contributed by atoms with Crippen LogP contribution in [0.4, 0.5) is 22.0 Å². The second kappa shape index (κ2) is 3.22. The van der Waals surface area contributed by atoms with Crippen molar-refractivity contribution in [3.05, 3.63) is 0 Å². The van der Waals surface area contributed by atoms with Crippen LogP contribution in [0.1, 0.15) is 6.92 Å². The van der Waals surface area contributed by atoms with Gasteiger partial charge >= 0.3 is 11.2 Å². The Labute approximate surface area is 67.6 Å². The molecule has 0 aromatic carbocycles. The average molecular weight is 243 g/mol. The minimum absolute atomic E-state index is 0.495. The van der Waals surface area contributed by atoms with E-state index in [2.05, 4.69) is 4.74 Å². The van der Waals surface area contributed by atoms with E-state index in [1.165, 1.54) is 0 Å². The predicted octanol–water partition coefficient (Wildman–Crippen LogP) is 2.90. The molecule has 0 aliphatic rings. The molecule has 0 rings (SSSR count). The van der Waals surface area contributed by atoms with Crippen molar-refractivity contribution in [2.75, 3.05) is 0 Å². The van der Waals surface area contributed by atoms with E-state index in [1.54, 1.807) is 15.9 Å². The van der Waals surface area contributed by atoms with E-state index in [9.17, 15) is 22.0 Å². The molecule has 1 unspecified atom stereocenters. The van der Waals surface area contributed by atoms with Crippen LogP contribution < -0.4 is 0 Å². The van der Waals surface area contributed by atoms with E-state index in [1.807, 2.05) is 0 Å². The van der Waals surface area contributed by atoms with Crippen LogP contribution in [0.3, 0.4) is 0 Å². The zero-order valence-electron chi connectivity index (χ0n) is 5.25. The molecular weight excluding hydrogens is 239 g/mol. The summed E-state index contributed by atoms with van der Waals surface area (Å²) in [5.41, 5.74) is 0. The first-order chi connectivity index (χ1) is 4.63. The molecule has 0 aromatic rings. The summed E-state index contributed by atoms with van der Waals surface area (Å²) in [6.07, 6.45) is -7.26. The minimum Gasteiger partial charge on any atom is -0.299 e. The molecule has 7 heteroatoms. The molecule has 0 amide bonds. The Morgan fingerprint density at radius 1 is 1.18 bits per heavy atom. The molecule has 0 fully saturated rings. The van der Waals surface area contributed by atoms with Crippen LogP contribution in [-0.4, -0.2) is 17.3 Å². The van der Waals surface area contributed by atoms with Gasteiger partial charge in [0.1, 0.15) is 0 Å². The maximum atomic E-state index is 11.7. The summed E-state index contributed by atoms with van der Waals surface area (Å²) in [7, 11) is 0. The van der Waals surface area contributed by atoms with Gasteiger partial charge in [-0.2, -0.15) is 22.0 Å². The van der Waals surface area contributed by atoms with E-state index in [4.69, 9.17) is 0 Å². The molecule has 0 heterocycles. The van der Waals surface area contributed by atoms with Gasteiger partial charge in [-0.25, -0.2) is 0 Å². The smallest absolute Gasteiger partial charge is 0.299 e. The summed E-state index contributed by atoms with van der Waals surface area (Å²) in [5, 5.41) is -3.93. The SMILES string of the molecule is CC(OC(F)(F)Br)C(F)(F)F. The van der Waals surface area contributed by atoms with E-state index in [0.29, 0.717) is 6.92 Å². The maximum absolute atomic E-state index is 11.7. The van der Waals surface area contributed by atoms with Gasteiger partial charge in [-0.05, 0) is 6.92 Å². The number of hydrogen-bond donors (Lipinski definition) is 0. The lowest BCUT2D eigenvalue weighted by Crippen LogP contribution is -2.33. The third-order valence-corrected chi connectivity index (χ3v) is 0.958. The summed E-state index contributed by atoms with van der Waals surface area (Å²) in [5.74, 6) is 0. The Morgan fingerprint density at radius 3 is 1.64 bits per heavy atom. The molecule has 0 N–H and O–H groups in total. The molecule has 0 radical (unpaired) electrons. The second-order valence-electron chi connectivity index (χ2n) is 1.75. The molecule has 68 valence electrons. The highest BCUT2D eigenvalue weighted by Crippen LogP contribution is 2.31. The molecule has 1 nitrogen and oxygen atoms in total. The van der Waals surface area contributed by atoms with E-state index < -0.39 is 17.3 Å². The van der Waals surface area contributed by atoms with E-state index >= 15 is 0 Å². The lowest BCUT2D eigenvalue weighted by molar-refractivity contribution is -0.278. The number of hydrogen-bond acceptors (Lipinski definition) is 1. The van der Waals surface area contributed by atoms with Crippen molar-refractivity contribution in [1.29, 1.82) is 0 Å². The summed E-state index contributed by atoms with van der Waals surface area (Å²) in [6.45, 7) is 0.495. The van der Waals surface area contributed by atoms with Gasteiger partial charge in [0, 0.05) is 15.9 Å². The van der Waals surface area contributed by atoms with Gasteiger partial charge in [-0.3, -0.25) is 4.74 Å². The van der Waals surface area contributed by atoms with Crippen molar-refractivity contribution in [1.82, 2.24) is 0 Å². The fourth-order valence-electron chi connectivity index (χ4n) is 0.267. The highest BCUT2D eigenvalue weighted by Gasteiger charge is 2.43. The molecule has 0 spiro atoms. The summed E-state index contributed by atoms with van der Waals surface area (Å²) in [4.78, 5) is 0. The minimum atomic E-state index is -4.77. The van der Waals surface area contributed by atoms with Gasteiger partial charge in [0.05, 0.1) is 0 Å². The van der Waals surface area contributed by atoms with Gasteiger partial charge in [0.25, 0.3) is 0 Å². The normalized spacial score (nSPS) is 16.6. The molecule has 0 aromatic heterocycles. The molecule has 0 aliphatic heterocycles. The standard InChI is InChI=1S/C4H4BrF5O/c1-2(3(6,7)8)11-4(5,9)10/h2H,1H3. The number of alkyl halides is 6. The van der Waals surface area contributed by atoms with Crippen molar-refractivity contribution in [3.63, 3.8) is 0 Å². The summed E-state index contributed by atoms with van der Waals surface area (Å²) < 4.78 is 61.2. The number of ether oxygens (including phenoxy) is 1. The van der Waals surface area contributed by atoms with Gasteiger partial charge in [0.15, 0.2) is 6.10 Å². The Morgan fingerprint density at radius 2 is 1.55 bits per heavy atom. The van der Waals surface area contributed by atoms with E-state index in [-0.39, 0.29) is 0 Å². The molecule has 0 aliphatic carbocycles. The lowest BCUT2D eigenvalue weighted by atomic mass is 10.4. The topological polar surface area (TPSA) is 9.23 Å². The number of halogens is 6. The Bertz CT molecular complexity index is 127. The monoisotopic (exact) mass is 242 g/mol. The fourth-order valence-corrected chi connectivity index (χ4v) is 0.548. The van der Waals surface area contributed by atoms with Crippen molar-refractivity contribution >= 4 is 15.9 Å². The Kier molecular flexibility index (Phi) is 3.25. The van der Waals surface area contributed by atoms with Crippen LogP contribution in [-0.2, 0) is 4.74 Å². The van der Waals surface area contributed by atoms with Gasteiger partial charge in [-0.1, -0.05) is 0 Å². The first-order valence-electron chi connectivity index (χ1n) is 2.44. The summed E-state index contributed by atoms with van der Waals surface area (Å²) in [6, 6.07) is 0. The Balaban J connectivity index is 3.99. The lowest BCUT2D eigenvalue weighted by Gasteiger charge is -2.18. The van der Waals surface area contributed by atoms with Crippen molar-refractivity contribution in [3.8, 4) is 0 Å². The molecule has 0 saturated heterocycles. The molecular formula is C4H4BrF5O. The maximum Gasteiger partial charge on any atom is 0.415 e. The Hall–Kier alpha value is 0.0900. The number of rotatable bonds is 2. The molecule has 1 atom stereocenters. The zero-order chi connectivity index (χ0) is 9.28. The highest BCUT2D eigenvalue weighted by molar-refractivity contribution is 9.09. The van der Waals surface area contributed by atoms with Gasteiger partial charge < -0.3 is 0 Å². The van der Waals surface area contributed by atoms with Crippen molar-refractivity contribution in [2.45, 2.75) is 24.2 Å². The highest BCUT2D eigenvalue weighted by atomic mass is 79.9. The quantitative estimate of drug-likeness (QED) is 0.535. The van der Waals surface area contributed by atoms with E-state index in [0.717, 1.165) is 0 Å².